The zero-order chi connectivity index (χ0) is 20.5. The predicted octanol–water partition coefficient (Wildman–Crippen LogP) is 6.35. The summed E-state index contributed by atoms with van der Waals surface area (Å²) in [5.74, 6) is 0.793. The van der Waals surface area contributed by atoms with Crippen LogP contribution in [0, 0.1) is 0 Å². The molecule has 0 saturated carbocycles. The second-order valence-electron chi connectivity index (χ2n) is 7.90. The number of aliphatic hydroxyl groups is 1. The first-order valence-corrected chi connectivity index (χ1v) is 10.4. The first-order valence-electron chi connectivity index (χ1n) is 10.4. The van der Waals surface area contributed by atoms with Gasteiger partial charge in [-0.25, -0.2) is 0 Å². The van der Waals surface area contributed by atoms with Crippen molar-refractivity contribution in [3.05, 3.63) is 102 Å². The molecule has 0 aromatic heterocycles. The topological polar surface area (TPSA) is 29.5 Å². The van der Waals surface area contributed by atoms with E-state index in [1.54, 1.807) is 6.92 Å². The number of fused-ring (bicyclic) bond motifs is 3. The summed E-state index contributed by atoms with van der Waals surface area (Å²) in [5, 5.41) is 9.67. The van der Waals surface area contributed by atoms with Crippen LogP contribution in [0.3, 0.4) is 0 Å². The van der Waals surface area contributed by atoms with Crippen LogP contribution in [-0.4, -0.2) is 17.8 Å². The second kappa shape index (κ2) is 7.81. The molecule has 30 heavy (non-hydrogen) atoms. The van der Waals surface area contributed by atoms with Gasteiger partial charge in [0, 0.05) is 5.56 Å². The number of ether oxygens (including phenoxy) is 1. The summed E-state index contributed by atoms with van der Waals surface area (Å²) < 4.78 is 5.94. The fourth-order valence-electron chi connectivity index (χ4n) is 4.30. The van der Waals surface area contributed by atoms with E-state index in [1.807, 2.05) is 24.3 Å². The Bertz CT molecular complexity index is 1190. The lowest BCUT2D eigenvalue weighted by Crippen LogP contribution is -2.13. The van der Waals surface area contributed by atoms with E-state index < -0.39 is 6.10 Å². The van der Waals surface area contributed by atoms with Gasteiger partial charge >= 0.3 is 0 Å². The molecule has 0 saturated heterocycles. The van der Waals surface area contributed by atoms with Gasteiger partial charge in [0.2, 0.25) is 0 Å². The van der Waals surface area contributed by atoms with E-state index in [1.165, 1.54) is 33.4 Å². The number of benzene rings is 4. The van der Waals surface area contributed by atoms with Crippen LogP contribution in [0.4, 0.5) is 0 Å². The van der Waals surface area contributed by atoms with Gasteiger partial charge in [0.1, 0.15) is 12.4 Å². The largest absolute Gasteiger partial charge is 0.490 e. The molecule has 1 unspecified atom stereocenters. The van der Waals surface area contributed by atoms with Crippen molar-refractivity contribution in [2.45, 2.75) is 19.4 Å². The highest BCUT2D eigenvalue weighted by Gasteiger charge is 2.21. The van der Waals surface area contributed by atoms with E-state index in [4.69, 9.17) is 4.74 Å². The summed E-state index contributed by atoms with van der Waals surface area (Å²) in [7, 11) is 0. The molecular weight excluding hydrogens is 368 g/mol. The molecule has 4 aromatic rings. The smallest absolute Gasteiger partial charge is 0.127 e. The predicted molar refractivity (Wildman–Crippen MR) is 123 cm³/mol. The zero-order valence-electron chi connectivity index (χ0n) is 17.0. The maximum atomic E-state index is 9.67. The molecule has 0 heterocycles. The third-order valence-corrected chi connectivity index (χ3v) is 5.71. The molecule has 2 heteroatoms. The molecule has 5 rings (SSSR count). The van der Waals surface area contributed by atoms with Crippen LogP contribution in [0.15, 0.2) is 91.0 Å². The van der Waals surface area contributed by atoms with Crippen LogP contribution in [0.5, 0.6) is 5.75 Å². The highest BCUT2D eigenvalue weighted by molar-refractivity contribution is 5.86. The van der Waals surface area contributed by atoms with E-state index in [0.29, 0.717) is 0 Å². The normalized spacial score (nSPS) is 12.9. The van der Waals surface area contributed by atoms with Gasteiger partial charge in [-0.1, -0.05) is 78.9 Å². The average Bonchev–Trinajstić information content (AvgIpc) is 3.17. The maximum Gasteiger partial charge on any atom is 0.127 e. The lowest BCUT2D eigenvalue weighted by molar-refractivity contribution is 0.123. The molecule has 1 N–H and O–H groups in total. The summed E-state index contributed by atoms with van der Waals surface area (Å²) in [4.78, 5) is 0. The minimum absolute atomic E-state index is 0.273. The van der Waals surface area contributed by atoms with E-state index >= 15 is 0 Å². The monoisotopic (exact) mass is 392 g/mol. The van der Waals surface area contributed by atoms with Crippen molar-refractivity contribution in [2.75, 3.05) is 6.61 Å². The molecule has 1 atom stereocenters. The van der Waals surface area contributed by atoms with Gasteiger partial charge in [-0.05, 0) is 64.4 Å². The Hall–Kier alpha value is -3.36. The Balaban J connectivity index is 1.61. The Morgan fingerprint density at radius 1 is 0.733 bits per heavy atom. The highest BCUT2D eigenvalue weighted by Crippen LogP contribution is 2.43. The van der Waals surface area contributed by atoms with E-state index in [-0.39, 0.29) is 6.61 Å². The molecule has 0 fully saturated rings. The zero-order valence-corrected chi connectivity index (χ0v) is 17.0. The van der Waals surface area contributed by atoms with Crippen LogP contribution < -0.4 is 4.74 Å². The number of aliphatic hydroxyl groups excluding tert-OH is 1. The molecule has 0 amide bonds. The second-order valence-corrected chi connectivity index (χ2v) is 7.90. The van der Waals surface area contributed by atoms with E-state index in [0.717, 1.165) is 23.3 Å². The van der Waals surface area contributed by atoms with Gasteiger partial charge in [0.15, 0.2) is 0 Å². The maximum absolute atomic E-state index is 9.67. The average molecular weight is 392 g/mol. The molecule has 2 nitrogen and oxygen atoms in total. The molecule has 0 aliphatic heterocycles. The van der Waals surface area contributed by atoms with Crippen molar-refractivity contribution in [1.82, 2.24) is 0 Å². The van der Waals surface area contributed by atoms with Crippen LogP contribution in [0.2, 0.25) is 0 Å². The Labute approximate surface area is 177 Å². The Kier molecular flexibility index (Phi) is 4.86. The van der Waals surface area contributed by atoms with Crippen LogP contribution in [0.1, 0.15) is 18.1 Å². The molecular formula is C28H24O2. The van der Waals surface area contributed by atoms with Crippen LogP contribution >= 0.6 is 0 Å². The third-order valence-electron chi connectivity index (χ3n) is 5.71. The molecule has 0 radical (unpaired) electrons. The Morgan fingerprint density at radius 2 is 1.47 bits per heavy atom. The van der Waals surface area contributed by atoms with Gasteiger partial charge < -0.3 is 9.84 Å². The summed E-state index contributed by atoms with van der Waals surface area (Å²) in [6, 6.07) is 31.9. The summed E-state index contributed by atoms with van der Waals surface area (Å²) in [6.45, 7) is 2.01. The lowest BCUT2D eigenvalue weighted by Gasteiger charge is -2.16. The van der Waals surface area contributed by atoms with E-state index in [2.05, 4.69) is 66.7 Å². The molecule has 1 aliphatic rings. The van der Waals surface area contributed by atoms with Crippen molar-refractivity contribution < 1.29 is 9.84 Å². The number of rotatable bonds is 5. The van der Waals surface area contributed by atoms with E-state index in [9.17, 15) is 5.11 Å². The van der Waals surface area contributed by atoms with Crippen LogP contribution in [-0.2, 0) is 6.42 Å². The van der Waals surface area contributed by atoms with Crippen molar-refractivity contribution in [3.63, 3.8) is 0 Å². The van der Waals surface area contributed by atoms with Crippen molar-refractivity contribution in [3.8, 4) is 39.1 Å². The minimum Gasteiger partial charge on any atom is -0.490 e. The summed E-state index contributed by atoms with van der Waals surface area (Å²) in [6.07, 6.45) is 0.451. The van der Waals surface area contributed by atoms with Gasteiger partial charge in [0.05, 0.1) is 6.10 Å². The fourth-order valence-corrected chi connectivity index (χ4v) is 4.30. The molecule has 0 spiro atoms. The minimum atomic E-state index is -0.510. The number of hydrogen-bond donors (Lipinski definition) is 1. The first kappa shape index (κ1) is 18.7. The molecule has 1 aliphatic carbocycles. The van der Waals surface area contributed by atoms with Crippen molar-refractivity contribution in [1.29, 1.82) is 0 Å². The molecule has 0 bridgehead atoms. The van der Waals surface area contributed by atoms with Gasteiger partial charge in [-0.3, -0.25) is 0 Å². The number of hydrogen-bond acceptors (Lipinski definition) is 2. The van der Waals surface area contributed by atoms with Crippen molar-refractivity contribution >= 4 is 0 Å². The van der Waals surface area contributed by atoms with Gasteiger partial charge in [-0.2, -0.15) is 0 Å². The molecule has 4 aromatic carbocycles. The quantitative estimate of drug-likeness (QED) is 0.377. The fraction of sp³-hybridized carbons (Fsp3) is 0.143. The first-order chi connectivity index (χ1) is 14.7. The van der Waals surface area contributed by atoms with Crippen LogP contribution in [0.25, 0.3) is 33.4 Å². The summed E-state index contributed by atoms with van der Waals surface area (Å²) >= 11 is 0. The third kappa shape index (κ3) is 3.40. The Morgan fingerprint density at radius 3 is 2.30 bits per heavy atom. The highest BCUT2D eigenvalue weighted by atomic mass is 16.5. The molecule has 148 valence electrons. The van der Waals surface area contributed by atoms with Crippen molar-refractivity contribution in [2.24, 2.45) is 0 Å². The standard InChI is InChI=1S/C28H24O2/c1-19(29)18-30-28-15-14-22(16-26(28)20-8-3-2-4-9-20)24-12-7-13-25-23-11-6-5-10-21(23)17-27(24)25/h2-16,19,29H,17-18H2,1H3. The summed E-state index contributed by atoms with van der Waals surface area (Å²) in [5.41, 5.74) is 10.0. The SMILES string of the molecule is CC(O)COc1ccc(-c2cccc3c2Cc2ccccc2-3)cc1-c1ccccc1. The van der Waals surface area contributed by atoms with Gasteiger partial charge in [0.25, 0.3) is 0 Å². The van der Waals surface area contributed by atoms with Gasteiger partial charge in [-0.15, -0.1) is 0 Å². The lowest BCUT2D eigenvalue weighted by atomic mass is 9.93.